The highest BCUT2D eigenvalue weighted by Gasteiger charge is 2.16. The number of aromatic amines is 1. The van der Waals surface area contributed by atoms with Gasteiger partial charge in [-0.05, 0) is 23.4 Å². The van der Waals surface area contributed by atoms with E-state index in [-0.39, 0.29) is 0 Å². The Morgan fingerprint density at radius 1 is 1.10 bits per heavy atom. The molecule has 6 nitrogen and oxygen atoms in total. The maximum Gasteiger partial charge on any atom is 0.367 e. The van der Waals surface area contributed by atoms with Crippen molar-refractivity contribution in [2.45, 2.75) is 0 Å². The summed E-state index contributed by atoms with van der Waals surface area (Å²) < 4.78 is 0. The molecule has 0 fully saturated rings. The molecule has 1 N–H and O–H groups in total. The summed E-state index contributed by atoms with van der Waals surface area (Å²) in [6.07, 6.45) is 1.63. The zero-order valence-corrected chi connectivity index (χ0v) is 10.9. The molecule has 2 aromatic heterocycles. The molecule has 0 unspecified atom stereocenters. The number of hydrogen-bond acceptors (Lipinski definition) is 4. The third kappa shape index (κ3) is 1.85. The summed E-state index contributed by atoms with van der Waals surface area (Å²) in [4.78, 5) is 21.8. The Morgan fingerprint density at radius 2 is 1.90 bits per heavy atom. The number of carbonyl (C=O) groups is 1. The summed E-state index contributed by atoms with van der Waals surface area (Å²) in [6.45, 7) is 0. The molecule has 4 rings (SSSR count). The summed E-state index contributed by atoms with van der Waals surface area (Å²) in [6, 6.07) is 14.8. The van der Waals surface area contributed by atoms with Crippen LogP contribution >= 0.6 is 0 Å². The van der Waals surface area contributed by atoms with Gasteiger partial charge in [0.05, 0.1) is 5.56 Å². The van der Waals surface area contributed by atoms with Crippen molar-refractivity contribution in [3.63, 3.8) is 0 Å². The smallest absolute Gasteiger partial charge is 0.360 e. The van der Waals surface area contributed by atoms with Crippen molar-refractivity contribution in [1.82, 2.24) is 20.1 Å². The minimum Gasteiger partial charge on any atom is -0.360 e. The zero-order valence-electron chi connectivity index (χ0n) is 10.9. The van der Waals surface area contributed by atoms with E-state index in [1.165, 1.54) is 0 Å². The van der Waals surface area contributed by atoms with E-state index < -0.39 is 5.97 Å². The third-order valence-corrected chi connectivity index (χ3v) is 3.30. The second-order valence-corrected chi connectivity index (χ2v) is 4.58. The molecule has 2 aromatic carbocycles. The molecule has 0 amide bonds. The standard InChI is InChI=1S/C15H10N4O2/c20-15(11-9-16-12-6-2-1-5-10(11)12)21-19-14-8-4-3-7-13(14)17-18-19/h1-9,16H. The molecule has 0 saturated carbocycles. The van der Waals surface area contributed by atoms with Crippen LogP contribution in [0.1, 0.15) is 10.4 Å². The Labute approximate surface area is 118 Å². The number of para-hydroxylation sites is 2. The first-order chi connectivity index (χ1) is 10.3. The van der Waals surface area contributed by atoms with Gasteiger partial charge in [-0.1, -0.05) is 35.2 Å². The Kier molecular flexibility index (Phi) is 2.47. The molecule has 21 heavy (non-hydrogen) atoms. The maximum absolute atomic E-state index is 12.3. The van der Waals surface area contributed by atoms with Crippen molar-refractivity contribution >= 4 is 27.9 Å². The summed E-state index contributed by atoms with van der Waals surface area (Å²) >= 11 is 0. The lowest BCUT2D eigenvalue weighted by molar-refractivity contribution is 0.0411. The number of H-pyrrole nitrogens is 1. The Morgan fingerprint density at radius 3 is 2.86 bits per heavy atom. The Hall–Kier alpha value is -3.15. The van der Waals surface area contributed by atoms with Crippen molar-refractivity contribution < 1.29 is 9.63 Å². The van der Waals surface area contributed by atoms with E-state index in [4.69, 9.17) is 4.84 Å². The van der Waals surface area contributed by atoms with Gasteiger partial charge >= 0.3 is 5.97 Å². The summed E-state index contributed by atoms with van der Waals surface area (Å²) in [5.74, 6) is -0.483. The highest BCUT2D eigenvalue weighted by atomic mass is 16.7. The zero-order chi connectivity index (χ0) is 14.2. The van der Waals surface area contributed by atoms with Crippen molar-refractivity contribution in [2.75, 3.05) is 0 Å². The van der Waals surface area contributed by atoms with E-state index in [1.807, 2.05) is 36.4 Å². The van der Waals surface area contributed by atoms with Gasteiger partial charge in [-0.3, -0.25) is 0 Å². The molecule has 0 aliphatic heterocycles. The predicted molar refractivity (Wildman–Crippen MR) is 76.7 cm³/mol. The monoisotopic (exact) mass is 278 g/mol. The molecule has 0 aliphatic carbocycles. The van der Waals surface area contributed by atoms with Gasteiger partial charge in [-0.15, -0.1) is 5.10 Å². The number of aromatic nitrogens is 4. The van der Waals surface area contributed by atoms with E-state index in [0.717, 1.165) is 15.7 Å². The first kappa shape index (κ1) is 11.7. The van der Waals surface area contributed by atoms with Crippen LogP contribution < -0.4 is 4.84 Å². The molecule has 102 valence electrons. The molecule has 2 heterocycles. The molecular weight excluding hydrogens is 268 g/mol. The van der Waals surface area contributed by atoms with Crippen molar-refractivity contribution in [3.8, 4) is 0 Å². The molecule has 6 heteroatoms. The average Bonchev–Trinajstić information content (AvgIpc) is 3.12. The first-order valence-corrected chi connectivity index (χ1v) is 6.42. The van der Waals surface area contributed by atoms with E-state index >= 15 is 0 Å². The van der Waals surface area contributed by atoms with Crippen LogP contribution in [-0.4, -0.2) is 26.1 Å². The average molecular weight is 278 g/mol. The van der Waals surface area contributed by atoms with Crippen LogP contribution in [-0.2, 0) is 0 Å². The van der Waals surface area contributed by atoms with Crippen LogP contribution in [0.4, 0.5) is 0 Å². The van der Waals surface area contributed by atoms with Crippen molar-refractivity contribution in [2.24, 2.45) is 0 Å². The second-order valence-electron chi connectivity index (χ2n) is 4.58. The van der Waals surface area contributed by atoms with Gasteiger partial charge in [0.2, 0.25) is 0 Å². The van der Waals surface area contributed by atoms with E-state index in [1.54, 1.807) is 18.3 Å². The fourth-order valence-corrected chi connectivity index (χ4v) is 2.28. The molecule has 0 aliphatic rings. The quantitative estimate of drug-likeness (QED) is 0.570. The summed E-state index contributed by atoms with van der Waals surface area (Å²) in [5, 5.41) is 8.59. The van der Waals surface area contributed by atoms with Gasteiger partial charge in [0.25, 0.3) is 0 Å². The predicted octanol–water partition coefficient (Wildman–Crippen LogP) is 2.18. The third-order valence-electron chi connectivity index (χ3n) is 3.30. The van der Waals surface area contributed by atoms with Gasteiger partial charge in [0.1, 0.15) is 11.0 Å². The van der Waals surface area contributed by atoms with Gasteiger partial charge in [0, 0.05) is 17.1 Å². The molecule has 0 atom stereocenters. The molecular formula is C15H10N4O2. The second kappa shape index (κ2) is 4.45. The van der Waals surface area contributed by atoms with Crippen LogP contribution in [0.5, 0.6) is 0 Å². The number of rotatable bonds is 2. The number of nitrogens with zero attached hydrogens (tertiary/aromatic N) is 3. The summed E-state index contributed by atoms with van der Waals surface area (Å²) in [7, 11) is 0. The van der Waals surface area contributed by atoms with Crippen LogP contribution in [0.3, 0.4) is 0 Å². The normalized spacial score (nSPS) is 11.0. The van der Waals surface area contributed by atoms with Crippen molar-refractivity contribution in [3.05, 3.63) is 60.3 Å². The molecule has 0 bridgehead atoms. The lowest BCUT2D eigenvalue weighted by Crippen LogP contribution is -2.20. The minimum absolute atomic E-state index is 0.463. The number of nitrogens with one attached hydrogen (secondary N) is 1. The number of benzene rings is 2. The highest BCUT2D eigenvalue weighted by Crippen LogP contribution is 2.18. The number of fused-ring (bicyclic) bond motifs is 2. The van der Waals surface area contributed by atoms with Gasteiger partial charge in [-0.25, -0.2) is 4.79 Å². The van der Waals surface area contributed by atoms with Crippen LogP contribution in [0.15, 0.2) is 54.7 Å². The van der Waals surface area contributed by atoms with Gasteiger partial charge < -0.3 is 9.82 Å². The number of hydrogen-bond donors (Lipinski definition) is 1. The van der Waals surface area contributed by atoms with Crippen LogP contribution in [0.2, 0.25) is 0 Å². The maximum atomic E-state index is 12.3. The fourth-order valence-electron chi connectivity index (χ4n) is 2.28. The molecule has 0 spiro atoms. The summed E-state index contributed by atoms with van der Waals surface area (Å²) in [5.41, 5.74) is 2.66. The van der Waals surface area contributed by atoms with Crippen molar-refractivity contribution in [1.29, 1.82) is 0 Å². The topological polar surface area (TPSA) is 72.8 Å². The molecule has 0 radical (unpaired) electrons. The number of carbonyl (C=O) groups excluding carboxylic acids is 1. The van der Waals surface area contributed by atoms with Crippen LogP contribution in [0, 0.1) is 0 Å². The van der Waals surface area contributed by atoms with Gasteiger partial charge in [0.15, 0.2) is 0 Å². The first-order valence-electron chi connectivity index (χ1n) is 6.42. The largest absolute Gasteiger partial charge is 0.367 e. The van der Waals surface area contributed by atoms with E-state index in [0.29, 0.717) is 16.6 Å². The highest BCUT2D eigenvalue weighted by molar-refractivity contribution is 6.04. The lowest BCUT2D eigenvalue weighted by Gasteiger charge is -2.02. The molecule has 4 aromatic rings. The lowest BCUT2D eigenvalue weighted by atomic mass is 10.2. The Balaban J connectivity index is 1.72. The molecule has 0 saturated heterocycles. The van der Waals surface area contributed by atoms with Gasteiger partial charge in [-0.2, -0.15) is 0 Å². The Bertz CT molecular complexity index is 954. The van der Waals surface area contributed by atoms with E-state index in [2.05, 4.69) is 15.3 Å². The minimum atomic E-state index is -0.483. The van der Waals surface area contributed by atoms with E-state index in [9.17, 15) is 4.79 Å². The van der Waals surface area contributed by atoms with Crippen LogP contribution in [0.25, 0.3) is 21.9 Å². The fraction of sp³-hybridized carbons (Fsp3) is 0. The SMILES string of the molecule is O=C(On1nnc2ccccc21)c1c[nH]c2ccccc12.